The van der Waals surface area contributed by atoms with Crippen molar-refractivity contribution in [3.8, 4) is 0 Å². The number of aliphatic hydroxyl groups is 1. The lowest BCUT2D eigenvalue weighted by atomic mass is 10.2. The summed E-state index contributed by atoms with van der Waals surface area (Å²) >= 11 is 1.45. The molecule has 1 atom stereocenters. The van der Waals surface area contributed by atoms with Crippen LogP contribution in [0.1, 0.15) is 17.2 Å². The minimum absolute atomic E-state index is 0.0671. The number of hydrogen-bond donors (Lipinski definition) is 3. The number of thiophene rings is 1. The van der Waals surface area contributed by atoms with Gasteiger partial charge in [-0.1, -0.05) is 12.1 Å². The summed E-state index contributed by atoms with van der Waals surface area (Å²) in [5, 5.41) is 13.5. The van der Waals surface area contributed by atoms with Crippen LogP contribution in [-0.2, 0) is 10.0 Å². The van der Waals surface area contributed by atoms with Gasteiger partial charge < -0.3 is 10.8 Å². The molecule has 4 N–H and O–H groups in total. The molecule has 0 saturated carbocycles. The van der Waals surface area contributed by atoms with Crippen molar-refractivity contribution < 1.29 is 13.5 Å². The average Bonchev–Trinajstić information content (AvgIpc) is 2.89. The summed E-state index contributed by atoms with van der Waals surface area (Å²) in [5.74, 6) is 0. The molecule has 1 heterocycles. The molecule has 0 bridgehead atoms. The fourth-order valence-corrected chi connectivity index (χ4v) is 3.98. The predicted molar refractivity (Wildman–Crippen MR) is 80.1 cm³/mol. The molecule has 0 saturated heterocycles. The summed E-state index contributed by atoms with van der Waals surface area (Å²) in [6, 6.07) is 6.67. The van der Waals surface area contributed by atoms with Crippen molar-refractivity contribution in [2.75, 3.05) is 12.3 Å². The second-order valence-electron chi connectivity index (χ2n) is 4.42. The topological polar surface area (TPSA) is 92.4 Å². The van der Waals surface area contributed by atoms with Gasteiger partial charge in [-0.15, -0.1) is 0 Å². The number of hydrogen-bond acceptors (Lipinski definition) is 5. The Hall–Kier alpha value is -1.41. The van der Waals surface area contributed by atoms with Crippen LogP contribution in [0.25, 0.3) is 0 Å². The lowest BCUT2D eigenvalue weighted by Crippen LogP contribution is -2.29. The van der Waals surface area contributed by atoms with Gasteiger partial charge in [-0.05, 0) is 40.9 Å². The molecule has 0 spiro atoms. The molecule has 5 nitrogen and oxygen atoms in total. The van der Waals surface area contributed by atoms with Crippen molar-refractivity contribution in [1.82, 2.24) is 4.72 Å². The van der Waals surface area contributed by atoms with E-state index in [1.54, 1.807) is 30.5 Å². The van der Waals surface area contributed by atoms with Gasteiger partial charge in [-0.2, -0.15) is 11.3 Å². The van der Waals surface area contributed by atoms with Gasteiger partial charge in [0.15, 0.2) is 0 Å². The first kappa shape index (κ1) is 15.0. The fourth-order valence-electron chi connectivity index (χ4n) is 1.89. The Kier molecular flexibility index (Phi) is 4.44. The Morgan fingerprint density at radius 3 is 2.75 bits per heavy atom. The van der Waals surface area contributed by atoms with Crippen LogP contribution in [0.3, 0.4) is 0 Å². The quantitative estimate of drug-likeness (QED) is 0.732. The summed E-state index contributed by atoms with van der Waals surface area (Å²) in [5.41, 5.74) is 7.19. The lowest BCUT2D eigenvalue weighted by molar-refractivity contribution is 0.182. The summed E-state index contributed by atoms with van der Waals surface area (Å²) in [6.45, 7) is 1.59. The fraction of sp³-hybridized carbons (Fsp3) is 0.231. The third-order valence-electron chi connectivity index (χ3n) is 2.91. The predicted octanol–water partition coefficient (Wildman–Crippen LogP) is 1.65. The van der Waals surface area contributed by atoms with Gasteiger partial charge in [-0.25, -0.2) is 13.1 Å². The number of nitrogens with two attached hydrogens (primary N) is 1. The molecule has 0 aliphatic rings. The largest absolute Gasteiger partial charge is 0.398 e. The Bertz CT molecular complexity index is 661. The summed E-state index contributed by atoms with van der Waals surface area (Å²) in [7, 11) is -3.74. The monoisotopic (exact) mass is 312 g/mol. The van der Waals surface area contributed by atoms with Gasteiger partial charge in [-0.3, -0.25) is 0 Å². The van der Waals surface area contributed by atoms with Crippen LogP contribution >= 0.6 is 11.3 Å². The number of sulfonamides is 1. The molecule has 0 amide bonds. The van der Waals surface area contributed by atoms with Crippen LogP contribution in [0.4, 0.5) is 5.69 Å². The lowest BCUT2D eigenvalue weighted by Gasteiger charge is -2.14. The van der Waals surface area contributed by atoms with E-state index in [-0.39, 0.29) is 17.1 Å². The smallest absolute Gasteiger partial charge is 0.242 e. The van der Waals surface area contributed by atoms with Crippen molar-refractivity contribution >= 4 is 27.0 Å². The maximum Gasteiger partial charge on any atom is 0.242 e. The first-order chi connectivity index (χ1) is 9.42. The van der Waals surface area contributed by atoms with E-state index in [9.17, 15) is 13.5 Å². The first-order valence-corrected chi connectivity index (χ1v) is 8.39. The Labute approximate surface area is 122 Å². The third-order valence-corrected chi connectivity index (χ3v) is 5.25. The molecule has 7 heteroatoms. The van der Waals surface area contributed by atoms with E-state index < -0.39 is 16.1 Å². The van der Waals surface area contributed by atoms with Crippen molar-refractivity contribution in [1.29, 1.82) is 0 Å². The first-order valence-electron chi connectivity index (χ1n) is 5.97. The average molecular weight is 312 g/mol. The zero-order valence-electron chi connectivity index (χ0n) is 10.9. The Morgan fingerprint density at radius 2 is 2.15 bits per heavy atom. The standard InChI is InChI=1S/C13H16N2O3S2/c1-9-3-2-4-11(14)13(9)20(17,18)15-7-12(16)10-5-6-19-8-10/h2-6,8,12,15-16H,7,14H2,1H3. The van der Waals surface area contributed by atoms with Crippen molar-refractivity contribution in [3.05, 3.63) is 46.2 Å². The minimum atomic E-state index is -3.74. The maximum absolute atomic E-state index is 12.2. The molecular formula is C13H16N2O3S2. The van der Waals surface area contributed by atoms with Crippen LogP contribution < -0.4 is 10.5 Å². The Morgan fingerprint density at radius 1 is 1.40 bits per heavy atom. The molecule has 0 fully saturated rings. The van der Waals surface area contributed by atoms with E-state index in [1.165, 1.54) is 17.4 Å². The van der Waals surface area contributed by atoms with Crippen LogP contribution in [0.2, 0.25) is 0 Å². The summed E-state index contributed by atoms with van der Waals surface area (Å²) < 4.78 is 26.9. The van der Waals surface area contributed by atoms with Crippen LogP contribution in [0.5, 0.6) is 0 Å². The van der Waals surface area contributed by atoms with E-state index in [4.69, 9.17) is 5.73 Å². The van der Waals surface area contributed by atoms with Crippen LogP contribution in [0, 0.1) is 6.92 Å². The molecule has 0 aliphatic carbocycles. The number of aryl methyl sites for hydroxylation is 1. The van der Waals surface area contributed by atoms with Crippen LogP contribution in [0.15, 0.2) is 39.9 Å². The number of benzene rings is 1. The van der Waals surface area contributed by atoms with Gasteiger partial charge in [0, 0.05) is 6.54 Å². The molecule has 108 valence electrons. The molecule has 1 aromatic carbocycles. The molecule has 20 heavy (non-hydrogen) atoms. The molecule has 0 aliphatic heterocycles. The highest BCUT2D eigenvalue weighted by Gasteiger charge is 2.21. The van der Waals surface area contributed by atoms with Crippen LogP contribution in [-0.4, -0.2) is 20.1 Å². The van der Waals surface area contributed by atoms with E-state index in [0.29, 0.717) is 11.1 Å². The third kappa shape index (κ3) is 3.18. The summed E-state index contributed by atoms with van der Waals surface area (Å²) in [4.78, 5) is 0.0671. The summed E-state index contributed by atoms with van der Waals surface area (Å²) in [6.07, 6.45) is -0.874. The van der Waals surface area contributed by atoms with E-state index >= 15 is 0 Å². The highest BCUT2D eigenvalue weighted by molar-refractivity contribution is 7.89. The Balaban J connectivity index is 2.16. The zero-order chi connectivity index (χ0) is 14.8. The second-order valence-corrected chi connectivity index (χ2v) is 6.90. The SMILES string of the molecule is Cc1cccc(N)c1S(=O)(=O)NCC(O)c1ccsc1. The zero-order valence-corrected chi connectivity index (χ0v) is 12.5. The van der Waals surface area contributed by atoms with Gasteiger partial charge in [0.2, 0.25) is 10.0 Å². The normalized spacial score (nSPS) is 13.3. The highest BCUT2D eigenvalue weighted by Crippen LogP contribution is 2.22. The molecule has 1 aromatic heterocycles. The van der Waals surface area contributed by atoms with Crippen molar-refractivity contribution in [2.24, 2.45) is 0 Å². The number of aliphatic hydroxyl groups excluding tert-OH is 1. The number of anilines is 1. The molecular weight excluding hydrogens is 296 g/mol. The number of rotatable bonds is 5. The second kappa shape index (κ2) is 5.92. The van der Waals surface area contributed by atoms with Gasteiger partial charge >= 0.3 is 0 Å². The molecule has 1 unspecified atom stereocenters. The van der Waals surface area contributed by atoms with Crippen molar-refractivity contribution in [3.63, 3.8) is 0 Å². The minimum Gasteiger partial charge on any atom is -0.398 e. The maximum atomic E-state index is 12.2. The molecule has 2 rings (SSSR count). The van der Waals surface area contributed by atoms with E-state index in [2.05, 4.69) is 4.72 Å². The van der Waals surface area contributed by atoms with E-state index in [0.717, 1.165) is 0 Å². The van der Waals surface area contributed by atoms with Gasteiger partial charge in [0.25, 0.3) is 0 Å². The highest BCUT2D eigenvalue weighted by atomic mass is 32.2. The van der Waals surface area contributed by atoms with Gasteiger partial charge in [0.05, 0.1) is 11.8 Å². The molecule has 0 radical (unpaired) electrons. The van der Waals surface area contributed by atoms with Crippen molar-refractivity contribution in [2.45, 2.75) is 17.9 Å². The van der Waals surface area contributed by atoms with Gasteiger partial charge in [0.1, 0.15) is 4.90 Å². The number of nitrogen functional groups attached to an aromatic ring is 1. The molecule has 2 aromatic rings. The van der Waals surface area contributed by atoms with E-state index in [1.807, 2.05) is 5.38 Å². The number of nitrogens with one attached hydrogen (secondary N) is 1.